The molecule has 0 fully saturated rings. The van der Waals surface area contributed by atoms with E-state index in [1.54, 1.807) is 127 Å². The number of pyridine rings is 3. The summed E-state index contributed by atoms with van der Waals surface area (Å²) in [6, 6.07) is 25.7. The maximum atomic E-state index is 14.8. The Labute approximate surface area is 567 Å². The first-order chi connectivity index (χ1) is 46.6. The number of hydrogen-bond acceptors (Lipinski definition) is 23. The van der Waals surface area contributed by atoms with Crippen LogP contribution in [0.4, 0.5) is 68.9 Å². The lowest BCUT2D eigenvalue weighted by molar-refractivity contribution is 0.0514. The first kappa shape index (κ1) is 75.4. The molecule has 15 N–H and O–H groups in total. The molecule has 3 aromatic carbocycles. The number of carbonyl (C=O) groups is 4. The number of hydrogen-bond donors (Lipinski definition) is 11. The molecule has 0 saturated carbocycles. The summed E-state index contributed by atoms with van der Waals surface area (Å²) in [5.74, 6) is -3.71. The molecule has 6 heterocycles. The average molecular weight is 1370 g/mol. The molecule has 0 spiro atoms. The lowest BCUT2D eigenvalue weighted by Gasteiger charge is -2.23. The van der Waals surface area contributed by atoms with Crippen LogP contribution in [0.25, 0.3) is 17.1 Å². The zero-order chi connectivity index (χ0) is 71.7. The van der Waals surface area contributed by atoms with Gasteiger partial charge in [-0.2, -0.15) is 50.2 Å². The predicted octanol–water partition coefficient (Wildman–Crippen LogP) is 9.46. The van der Waals surface area contributed by atoms with Crippen molar-refractivity contribution in [3.8, 4) is 23.1 Å². The number of nitrogens with two attached hydrogens (primary N) is 4. The van der Waals surface area contributed by atoms with Gasteiger partial charge in [-0.1, -0.05) is 50.6 Å². The maximum Gasteiger partial charge on any atom is 0.407 e. The second-order valence-corrected chi connectivity index (χ2v) is 23.4. The summed E-state index contributed by atoms with van der Waals surface area (Å²) in [5.41, 5.74) is 24.8. The Kier molecular flexibility index (Phi) is 27.5. The van der Waals surface area contributed by atoms with Gasteiger partial charge < -0.3 is 69.6 Å². The number of nitrogens with one attached hydrogen (secondary N) is 7. The molecule has 0 unspecified atom stereocenters. The van der Waals surface area contributed by atoms with Gasteiger partial charge >= 0.3 is 12.2 Å². The molecule has 30 nitrogen and oxygen atoms in total. The number of nitrogens with zero attached hydrogens (tertiary/aromatic N) is 13. The van der Waals surface area contributed by atoms with Gasteiger partial charge in [0.05, 0.1) is 70.9 Å². The van der Waals surface area contributed by atoms with Crippen molar-refractivity contribution in [3.63, 3.8) is 0 Å². The van der Waals surface area contributed by atoms with Gasteiger partial charge in [0.2, 0.25) is 0 Å². The van der Waals surface area contributed by atoms with Crippen LogP contribution in [-0.2, 0) is 9.47 Å². The quantitative estimate of drug-likeness (QED) is 0.0210. The predicted molar refractivity (Wildman–Crippen MR) is 365 cm³/mol. The zero-order valence-electron chi connectivity index (χ0n) is 55.2. The highest BCUT2D eigenvalue weighted by Crippen LogP contribution is 2.28. The van der Waals surface area contributed by atoms with Crippen molar-refractivity contribution < 1.29 is 41.8 Å². The number of nitriles is 1. The van der Waals surface area contributed by atoms with Crippen LogP contribution in [0.3, 0.4) is 0 Å². The van der Waals surface area contributed by atoms with Gasteiger partial charge in [-0.25, -0.2) is 37.7 Å². The van der Waals surface area contributed by atoms with Crippen LogP contribution >= 0.6 is 11.6 Å². The minimum atomic E-state index is -0.839. The number of ether oxygens (including phenoxy) is 2. The summed E-state index contributed by atoms with van der Waals surface area (Å²) in [4.78, 5) is 64.1. The highest BCUT2D eigenvalue weighted by molar-refractivity contribution is 6.30. The number of aromatic nitrogens is 12. The van der Waals surface area contributed by atoms with Crippen molar-refractivity contribution in [1.82, 2.24) is 70.6 Å². The Morgan fingerprint density at radius 3 is 1.24 bits per heavy atom. The molecule has 4 amide bonds. The average Bonchev–Trinajstić information content (AvgIpc) is 1.74. The van der Waals surface area contributed by atoms with Gasteiger partial charge in [-0.05, 0) is 134 Å². The molecular weight excluding hydrogens is 1290 g/mol. The monoisotopic (exact) mass is 1370 g/mol. The van der Waals surface area contributed by atoms with E-state index in [-0.39, 0.29) is 82.1 Å². The first-order valence-electron chi connectivity index (χ1n) is 30.5. The SMILES string of the molecule is CC[C@H](CN)Nc1nc(Nc2cccc(-n3nccn3)c2)c(C(N)=O)cc1F.CC[C@H](CNC(=O)OC(C)(C)C)Nc1nc(Cl)c(C#N)cc1F.CC[C@H](CNC(=O)OC(C)(C)C)Nc1nc(Nc2cccc(-n3nccn3)c2)c(C(N)=O)cc1F.Nc1cccc(-n2nccn2)c1. The molecule has 34 heteroatoms. The van der Waals surface area contributed by atoms with Crippen molar-refractivity contribution in [3.05, 3.63) is 167 Å². The number of benzene rings is 3. The Morgan fingerprint density at radius 1 is 0.541 bits per heavy atom. The second kappa shape index (κ2) is 35.7. The fourth-order valence-electron chi connectivity index (χ4n) is 8.32. The number of nitrogen functional groups attached to an aromatic ring is 1. The summed E-state index contributed by atoms with van der Waals surface area (Å²) in [6.45, 7) is 17.0. The van der Waals surface area contributed by atoms with Gasteiger partial charge in [-0.3, -0.25) is 9.59 Å². The molecule has 9 aromatic rings. The van der Waals surface area contributed by atoms with Crippen molar-refractivity contribution in [1.29, 1.82) is 5.26 Å². The second-order valence-electron chi connectivity index (χ2n) is 23.1. The molecule has 9 rings (SSSR count). The molecule has 98 heavy (non-hydrogen) atoms. The Morgan fingerprint density at radius 2 is 0.898 bits per heavy atom. The highest BCUT2D eigenvalue weighted by Gasteiger charge is 2.23. The lowest BCUT2D eigenvalue weighted by Crippen LogP contribution is -2.39. The Balaban J connectivity index is 0.000000217. The number of amides is 4. The summed E-state index contributed by atoms with van der Waals surface area (Å²) in [6.07, 6.45) is 10.2. The summed E-state index contributed by atoms with van der Waals surface area (Å²) < 4.78 is 53.4. The van der Waals surface area contributed by atoms with Crippen molar-refractivity contribution >= 4 is 81.8 Å². The molecule has 518 valence electrons. The Bertz CT molecular complexity index is 4130. The summed E-state index contributed by atoms with van der Waals surface area (Å²) in [5, 5.41) is 53.0. The van der Waals surface area contributed by atoms with Crippen LogP contribution in [0.15, 0.2) is 128 Å². The summed E-state index contributed by atoms with van der Waals surface area (Å²) in [7, 11) is 0. The molecule has 0 saturated heterocycles. The van der Waals surface area contributed by atoms with Gasteiger partial charge in [0.15, 0.2) is 34.9 Å². The van der Waals surface area contributed by atoms with E-state index in [0.29, 0.717) is 54.2 Å². The van der Waals surface area contributed by atoms with Crippen LogP contribution in [-0.4, -0.2) is 133 Å². The largest absolute Gasteiger partial charge is 0.444 e. The fraction of sp³-hybridized carbons (Fsp3) is 0.312. The van der Waals surface area contributed by atoms with Crippen molar-refractivity contribution in [2.45, 2.75) is 111 Å². The van der Waals surface area contributed by atoms with E-state index in [4.69, 9.17) is 49.3 Å². The van der Waals surface area contributed by atoms with Gasteiger partial charge in [0.25, 0.3) is 11.8 Å². The van der Waals surface area contributed by atoms with Gasteiger partial charge in [-0.15, -0.1) is 0 Å². The number of primary amides is 2. The van der Waals surface area contributed by atoms with E-state index in [1.807, 2.05) is 51.1 Å². The normalized spacial score (nSPS) is 11.8. The van der Waals surface area contributed by atoms with Gasteiger partial charge in [0, 0.05) is 54.8 Å². The fourth-order valence-corrected chi connectivity index (χ4v) is 8.50. The molecule has 6 aromatic heterocycles. The first-order valence-corrected chi connectivity index (χ1v) is 30.9. The van der Waals surface area contributed by atoms with E-state index in [2.05, 4.69) is 82.8 Å². The smallest absolute Gasteiger partial charge is 0.407 e. The topological polar surface area (TPSA) is 430 Å². The van der Waals surface area contributed by atoms with E-state index in [0.717, 1.165) is 23.9 Å². The number of anilines is 8. The minimum absolute atomic E-state index is 0.00491. The zero-order valence-corrected chi connectivity index (χ0v) is 55.9. The number of rotatable bonds is 23. The molecule has 0 radical (unpaired) electrons. The van der Waals surface area contributed by atoms with Crippen LogP contribution < -0.4 is 60.2 Å². The third-order valence-electron chi connectivity index (χ3n) is 13.1. The van der Waals surface area contributed by atoms with Crippen LogP contribution in [0.5, 0.6) is 0 Å². The molecule has 0 aliphatic heterocycles. The lowest BCUT2D eigenvalue weighted by atomic mass is 10.2. The Hall–Kier alpha value is -11.7. The van der Waals surface area contributed by atoms with Crippen molar-refractivity contribution in [2.24, 2.45) is 17.2 Å². The molecule has 0 aliphatic rings. The maximum absolute atomic E-state index is 14.8. The molecule has 0 bridgehead atoms. The van der Waals surface area contributed by atoms with Gasteiger partial charge in [0.1, 0.15) is 34.1 Å². The van der Waals surface area contributed by atoms with Crippen LogP contribution in [0.2, 0.25) is 5.15 Å². The van der Waals surface area contributed by atoms with E-state index >= 15 is 0 Å². The molecule has 3 atom stereocenters. The highest BCUT2D eigenvalue weighted by atomic mass is 35.5. The number of halogens is 4. The van der Waals surface area contributed by atoms with Crippen molar-refractivity contribution in [2.75, 3.05) is 52.0 Å². The van der Waals surface area contributed by atoms with Crippen LogP contribution in [0, 0.1) is 28.8 Å². The number of alkyl carbamates (subject to hydrolysis) is 2. The standard InChI is InChI=1S/C23H29FN8O3.C18H21FN8O.C15H20ClFN4O2.C8H8N4/c1-5-14(13-26-22(34)35-23(2,3)4)29-21-18(24)12-17(19(25)33)20(31-21)30-15-7-6-8-16(11-15)32-27-9-10-28-32;1-2-11(10-20)24-18-15(19)9-14(16(21)28)17(26-18)25-12-4-3-5-13(8-12)27-22-6-7-23-27;1-5-10(8-19-14(22)23-15(2,3)4)20-13-11(17)6-9(7-18)12(16)21-13;9-7-2-1-3-8(6-7)12-10-4-5-11-12/h6-12,14H,5,13H2,1-4H3,(H2,25,33)(H,26,34)(H2,29,30,31);3-9,11H,2,10,20H2,1H3,(H2,21,28)(H2,24,25,26);6,10H,5,8H2,1-4H3,(H,19,22)(H,20,21);1-6H,9H2/t14-;11-;10-;/m111./s1. The van der Waals surface area contributed by atoms with E-state index < -0.39 is 52.7 Å². The third kappa shape index (κ3) is 23.7. The van der Waals surface area contributed by atoms with Crippen LogP contribution in [0.1, 0.15) is 108 Å². The molecular formula is C64H78ClF3N24O6. The number of carbonyl (C=O) groups excluding carboxylic acids is 4. The summed E-state index contributed by atoms with van der Waals surface area (Å²) >= 11 is 5.80. The third-order valence-corrected chi connectivity index (χ3v) is 13.4. The minimum Gasteiger partial charge on any atom is -0.444 e. The molecule has 0 aliphatic carbocycles. The van der Waals surface area contributed by atoms with E-state index in [1.165, 1.54) is 14.4 Å². The van der Waals surface area contributed by atoms with E-state index in [9.17, 15) is 32.3 Å².